The molecule has 1 aromatic rings. The van der Waals surface area contributed by atoms with Crippen LogP contribution in [-0.2, 0) is 0 Å². The van der Waals surface area contributed by atoms with E-state index in [1.54, 1.807) is 0 Å². The summed E-state index contributed by atoms with van der Waals surface area (Å²) in [6, 6.07) is 3.70. The van der Waals surface area contributed by atoms with Crippen LogP contribution in [0.3, 0.4) is 0 Å². The Hall–Kier alpha value is -1.18. The predicted molar refractivity (Wildman–Crippen MR) is 120 cm³/mol. The zero-order valence-electron chi connectivity index (χ0n) is 18.8. The lowest BCUT2D eigenvalue weighted by molar-refractivity contribution is 0.672. The second-order valence-corrected chi connectivity index (χ2v) is 9.59. The summed E-state index contributed by atoms with van der Waals surface area (Å²) in [4.78, 5) is 0. The zero-order valence-corrected chi connectivity index (χ0v) is 18.8. The standard InChI is InChI=1S/C25H42N2/c1-8-15(3)22-14-23(16(4)9-2)25(27-19(7)21-12-13-21)17(5)24(22)26-18(6)20-10-11-20/h14-16,18-21,26-27H,8-13H2,1-7H3. The lowest BCUT2D eigenvalue weighted by Crippen LogP contribution is -2.23. The Balaban J connectivity index is 2.04. The van der Waals surface area contributed by atoms with Crippen LogP contribution in [0, 0.1) is 18.8 Å². The summed E-state index contributed by atoms with van der Waals surface area (Å²) in [6.07, 6.45) is 7.94. The molecule has 152 valence electrons. The van der Waals surface area contributed by atoms with Gasteiger partial charge in [-0.1, -0.05) is 33.8 Å². The van der Waals surface area contributed by atoms with Crippen LogP contribution in [0.5, 0.6) is 0 Å². The van der Waals surface area contributed by atoms with E-state index in [1.165, 1.54) is 66.6 Å². The van der Waals surface area contributed by atoms with Gasteiger partial charge in [0.15, 0.2) is 0 Å². The Morgan fingerprint density at radius 3 is 1.44 bits per heavy atom. The maximum atomic E-state index is 3.96. The van der Waals surface area contributed by atoms with Crippen molar-refractivity contribution in [3.8, 4) is 0 Å². The topological polar surface area (TPSA) is 24.1 Å². The average Bonchev–Trinajstić information content (AvgIpc) is 3.55. The van der Waals surface area contributed by atoms with Gasteiger partial charge in [-0.25, -0.2) is 0 Å². The highest BCUT2D eigenvalue weighted by molar-refractivity contribution is 5.74. The van der Waals surface area contributed by atoms with Gasteiger partial charge in [-0.3, -0.25) is 0 Å². The van der Waals surface area contributed by atoms with Crippen molar-refractivity contribution in [3.63, 3.8) is 0 Å². The fourth-order valence-electron chi connectivity index (χ4n) is 4.35. The molecular formula is C25H42N2. The first-order valence-electron chi connectivity index (χ1n) is 11.6. The molecule has 2 nitrogen and oxygen atoms in total. The van der Waals surface area contributed by atoms with Gasteiger partial charge in [0.1, 0.15) is 0 Å². The lowest BCUT2D eigenvalue weighted by Gasteiger charge is -2.30. The fourth-order valence-corrected chi connectivity index (χ4v) is 4.35. The molecule has 2 aliphatic rings. The van der Waals surface area contributed by atoms with Gasteiger partial charge in [-0.15, -0.1) is 0 Å². The number of nitrogens with one attached hydrogen (secondary N) is 2. The number of rotatable bonds is 10. The van der Waals surface area contributed by atoms with Gasteiger partial charge in [-0.2, -0.15) is 0 Å². The van der Waals surface area contributed by atoms with Crippen LogP contribution in [0.4, 0.5) is 11.4 Å². The summed E-state index contributed by atoms with van der Waals surface area (Å²) in [5.74, 6) is 2.92. The summed E-state index contributed by atoms with van der Waals surface area (Å²) in [5.41, 5.74) is 7.34. The molecule has 2 heteroatoms. The van der Waals surface area contributed by atoms with Crippen molar-refractivity contribution in [1.82, 2.24) is 0 Å². The molecule has 2 aliphatic carbocycles. The smallest absolute Gasteiger partial charge is 0.0428 e. The van der Waals surface area contributed by atoms with E-state index in [0.717, 1.165) is 11.8 Å². The minimum Gasteiger partial charge on any atom is -0.382 e. The van der Waals surface area contributed by atoms with E-state index in [0.29, 0.717) is 23.9 Å². The quantitative estimate of drug-likeness (QED) is 0.447. The second kappa shape index (κ2) is 8.45. The van der Waals surface area contributed by atoms with Crippen LogP contribution in [0.1, 0.15) is 109 Å². The van der Waals surface area contributed by atoms with E-state index >= 15 is 0 Å². The van der Waals surface area contributed by atoms with E-state index in [1.807, 2.05) is 0 Å². The normalized spacial score (nSPS) is 21.4. The molecule has 0 heterocycles. The first-order chi connectivity index (χ1) is 12.9. The Morgan fingerprint density at radius 2 is 1.15 bits per heavy atom. The minimum atomic E-state index is 0.578. The predicted octanol–water partition coefficient (Wildman–Crippen LogP) is 7.44. The van der Waals surface area contributed by atoms with Crippen molar-refractivity contribution in [1.29, 1.82) is 0 Å². The van der Waals surface area contributed by atoms with Crippen LogP contribution in [-0.4, -0.2) is 12.1 Å². The van der Waals surface area contributed by atoms with Crippen molar-refractivity contribution in [3.05, 3.63) is 22.8 Å². The van der Waals surface area contributed by atoms with Gasteiger partial charge < -0.3 is 10.6 Å². The monoisotopic (exact) mass is 370 g/mol. The molecule has 2 saturated carbocycles. The van der Waals surface area contributed by atoms with Crippen LogP contribution in [0.2, 0.25) is 0 Å². The summed E-state index contributed by atoms with van der Waals surface area (Å²) >= 11 is 0. The van der Waals surface area contributed by atoms with E-state index in [-0.39, 0.29) is 0 Å². The van der Waals surface area contributed by atoms with Gasteiger partial charge in [0, 0.05) is 23.5 Å². The molecule has 0 radical (unpaired) electrons. The van der Waals surface area contributed by atoms with Crippen LogP contribution >= 0.6 is 0 Å². The molecule has 4 atom stereocenters. The fraction of sp³-hybridized carbons (Fsp3) is 0.760. The SMILES string of the molecule is CCC(C)c1cc(C(C)CC)c(NC(C)C2CC2)c(C)c1NC(C)C1CC1. The van der Waals surface area contributed by atoms with Crippen LogP contribution in [0.25, 0.3) is 0 Å². The highest BCUT2D eigenvalue weighted by Crippen LogP contribution is 2.44. The van der Waals surface area contributed by atoms with E-state index in [9.17, 15) is 0 Å². The summed E-state index contributed by atoms with van der Waals surface area (Å²) in [7, 11) is 0. The highest BCUT2D eigenvalue weighted by atomic mass is 15.0. The Morgan fingerprint density at radius 1 is 0.778 bits per heavy atom. The Bertz CT molecular complexity index is 590. The first-order valence-corrected chi connectivity index (χ1v) is 11.6. The van der Waals surface area contributed by atoms with Crippen molar-refractivity contribution in [2.24, 2.45) is 11.8 Å². The summed E-state index contributed by atoms with van der Waals surface area (Å²) < 4.78 is 0. The van der Waals surface area contributed by atoms with Crippen LogP contribution < -0.4 is 10.6 Å². The number of anilines is 2. The lowest BCUT2D eigenvalue weighted by atomic mass is 9.86. The van der Waals surface area contributed by atoms with E-state index in [2.05, 4.69) is 65.2 Å². The van der Waals surface area contributed by atoms with E-state index in [4.69, 9.17) is 0 Å². The maximum Gasteiger partial charge on any atom is 0.0428 e. The largest absolute Gasteiger partial charge is 0.382 e. The number of benzene rings is 1. The molecule has 0 spiro atoms. The van der Waals surface area contributed by atoms with Gasteiger partial charge in [0.25, 0.3) is 0 Å². The third-order valence-corrected chi connectivity index (χ3v) is 7.33. The van der Waals surface area contributed by atoms with E-state index < -0.39 is 0 Å². The molecule has 0 aromatic heterocycles. The molecule has 27 heavy (non-hydrogen) atoms. The van der Waals surface area contributed by atoms with Gasteiger partial charge in [0.2, 0.25) is 0 Å². The summed E-state index contributed by atoms with van der Waals surface area (Å²) in [5, 5.41) is 7.92. The molecule has 2 fully saturated rings. The molecular weight excluding hydrogens is 328 g/mol. The second-order valence-electron chi connectivity index (χ2n) is 9.59. The maximum absolute atomic E-state index is 3.96. The molecule has 3 rings (SSSR count). The first kappa shape index (κ1) is 20.6. The minimum absolute atomic E-state index is 0.578. The zero-order chi connectivity index (χ0) is 19.7. The Labute approximate surface area is 167 Å². The third kappa shape index (κ3) is 4.63. The third-order valence-electron chi connectivity index (χ3n) is 7.33. The molecule has 0 saturated heterocycles. The average molecular weight is 371 g/mol. The van der Waals surface area contributed by atoms with Crippen molar-refractivity contribution >= 4 is 11.4 Å². The van der Waals surface area contributed by atoms with Crippen molar-refractivity contribution < 1.29 is 0 Å². The van der Waals surface area contributed by atoms with Crippen molar-refractivity contribution in [2.45, 2.75) is 111 Å². The number of hydrogen-bond donors (Lipinski definition) is 2. The van der Waals surface area contributed by atoms with Gasteiger partial charge >= 0.3 is 0 Å². The van der Waals surface area contributed by atoms with Crippen LogP contribution in [0.15, 0.2) is 6.07 Å². The molecule has 1 aromatic carbocycles. The van der Waals surface area contributed by atoms with Crippen molar-refractivity contribution in [2.75, 3.05) is 10.6 Å². The molecule has 4 unspecified atom stereocenters. The molecule has 0 amide bonds. The van der Waals surface area contributed by atoms with Gasteiger partial charge in [-0.05, 0) is 99.7 Å². The summed E-state index contributed by atoms with van der Waals surface area (Å²) in [6.45, 7) is 16.5. The Kier molecular flexibility index (Phi) is 6.43. The molecule has 0 bridgehead atoms. The molecule has 0 aliphatic heterocycles. The number of hydrogen-bond acceptors (Lipinski definition) is 2. The van der Waals surface area contributed by atoms with Gasteiger partial charge in [0.05, 0.1) is 0 Å². The highest BCUT2D eigenvalue weighted by Gasteiger charge is 2.32. The molecule has 2 N–H and O–H groups in total.